The Balaban J connectivity index is 2.06. The predicted molar refractivity (Wildman–Crippen MR) is 85.0 cm³/mol. The lowest BCUT2D eigenvalue weighted by Gasteiger charge is -2.06. The highest BCUT2D eigenvalue weighted by Gasteiger charge is 2.11. The van der Waals surface area contributed by atoms with Crippen LogP contribution in [0.3, 0.4) is 0 Å². The zero-order valence-electron chi connectivity index (χ0n) is 11.1. The number of aromatic amines is 1. The van der Waals surface area contributed by atoms with Crippen LogP contribution in [0.1, 0.15) is 6.92 Å². The molecule has 3 aromatic heterocycles. The van der Waals surface area contributed by atoms with Crippen LogP contribution in [0, 0.1) is 0 Å². The van der Waals surface area contributed by atoms with E-state index in [4.69, 9.17) is 5.73 Å². The monoisotopic (exact) mass is 320 g/mol. The number of nitrogens with two attached hydrogens (primary N) is 1. The van der Waals surface area contributed by atoms with Gasteiger partial charge in [-0.15, -0.1) is 11.3 Å². The topological polar surface area (TPSA) is 110 Å². The van der Waals surface area contributed by atoms with Crippen LogP contribution in [-0.4, -0.2) is 26.5 Å². The van der Waals surface area contributed by atoms with E-state index in [0.717, 1.165) is 21.8 Å². The van der Waals surface area contributed by atoms with Gasteiger partial charge in [-0.3, -0.25) is 4.79 Å². The van der Waals surface area contributed by atoms with Gasteiger partial charge in [0, 0.05) is 18.0 Å². The van der Waals surface area contributed by atoms with Crippen molar-refractivity contribution in [2.45, 2.75) is 17.1 Å². The molecule has 0 aromatic carbocycles. The first-order valence-electron chi connectivity index (χ1n) is 6.19. The Morgan fingerprint density at radius 1 is 1.43 bits per heavy atom. The molecule has 0 unspecified atom stereocenters. The van der Waals surface area contributed by atoms with Crippen LogP contribution in [-0.2, 0) is 0 Å². The molecular formula is C12H12N6OS2. The summed E-state index contributed by atoms with van der Waals surface area (Å²) in [6.07, 6.45) is 0. The number of fused-ring (bicyclic) bond motifs is 1. The van der Waals surface area contributed by atoms with Gasteiger partial charge in [0.25, 0.3) is 5.56 Å². The number of nitrogens with zero attached hydrogens (tertiary/aromatic N) is 3. The van der Waals surface area contributed by atoms with E-state index >= 15 is 0 Å². The molecule has 108 valence electrons. The second-order valence-corrected chi connectivity index (χ2v) is 5.97. The first-order valence-corrected chi connectivity index (χ1v) is 7.89. The second-order valence-electron chi connectivity index (χ2n) is 4.10. The molecule has 4 N–H and O–H groups in total. The standard InChI is InChI=1S/C12H12N6OS2/c1-2-14-11-17-9-6(3-4-20-9)10(18-11)21-12-15-7(13)5-8(19)16-12/h3-5H,2H2,1H3,(H,14,17,18)(H3,13,15,16,19). The van der Waals surface area contributed by atoms with Crippen molar-refractivity contribution in [3.63, 3.8) is 0 Å². The Labute approximate surface area is 128 Å². The summed E-state index contributed by atoms with van der Waals surface area (Å²) in [6.45, 7) is 2.71. The van der Waals surface area contributed by atoms with Crippen molar-refractivity contribution in [1.29, 1.82) is 0 Å². The number of H-pyrrole nitrogens is 1. The first-order chi connectivity index (χ1) is 10.2. The first kappa shape index (κ1) is 13.8. The number of hydrogen-bond acceptors (Lipinski definition) is 8. The Bertz CT molecular complexity index is 843. The summed E-state index contributed by atoms with van der Waals surface area (Å²) >= 11 is 2.80. The van der Waals surface area contributed by atoms with Gasteiger partial charge in [0.1, 0.15) is 15.7 Å². The Morgan fingerprint density at radius 2 is 2.29 bits per heavy atom. The molecule has 0 radical (unpaired) electrons. The van der Waals surface area contributed by atoms with E-state index in [9.17, 15) is 4.79 Å². The zero-order chi connectivity index (χ0) is 14.8. The highest BCUT2D eigenvalue weighted by atomic mass is 32.2. The maximum absolute atomic E-state index is 11.5. The third-order valence-electron chi connectivity index (χ3n) is 2.56. The maximum atomic E-state index is 11.5. The zero-order valence-corrected chi connectivity index (χ0v) is 12.7. The lowest BCUT2D eigenvalue weighted by molar-refractivity contribution is 0.940. The van der Waals surface area contributed by atoms with Crippen molar-refractivity contribution >= 4 is 45.1 Å². The second kappa shape index (κ2) is 5.70. The third-order valence-corrected chi connectivity index (χ3v) is 4.26. The van der Waals surface area contributed by atoms with E-state index in [1.165, 1.54) is 29.2 Å². The van der Waals surface area contributed by atoms with Gasteiger partial charge < -0.3 is 16.0 Å². The highest BCUT2D eigenvalue weighted by molar-refractivity contribution is 7.99. The molecule has 0 amide bonds. The third kappa shape index (κ3) is 2.98. The van der Waals surface area contributed by atoms with Crippen molar-refractivity contribution in [2.24, 2.45) is 0 Å². The molecular weight excluding hydrogens is 308 g/mol. The SMILES string of the molecule is CCNc1nc(Sc2nc(N)cc(=O)[nH]2)c2ccsc2n1. The van der Waals surface area contributed by atoms with Crippen LogP contribution in [0.25, 0.3) is 10.2 Å². The van der Waals surface area contributed by atoms with Crippen LogP contribution < -0.4 is 16.6 Å². The Morgan fingerprint density at radius 3 is 3.05 bits per heavy atom. The van der Waals surface area contributed by atoms with Crippen molar-refractivity contribution in [2.75, 3.05) is 17.6 Å². The van der Waals surface area contributed by atoms with Gasteiger partial charge in [-0.1, -0.05) is 0 Å². The van der Waals surface area contributed by atoms with Crippen molar-refractivity contribution in [3.8, 4) is 0 Å². The van der Waals surface area contributed by atoms with E-state index in [2.05, 4.69) is 25.3 Å². The molecule has 7 nitrogen and oxygen atoms in total. The van der Waals surface area contributed by atoms with E-state index in [-0.39, 0.29) is 11.4 Å². The average molecular weight is 320 g/mol. The summed E-state index contributed by atoms with van der Waals surface area (Å²) in [4.78, 5) is 28.0. The highest BCUT2D eigenvalue weighted by Crippen LogP contribution is 2.32. The van der Waals surface area contributed by atoms with Crippen molar-refractivity contribution in [3.05, 3.63) is 27.9 Å². The fraction of sp³-hybridized carbons (Fsp3) is 0.167. The van der Waals surface area contributed by atoms with Gasteiger partial charge in [-0.2, -0.15) is 0 Å². The number of anilines is 2. The molecule has 3 rings (SSSR count). The fourth-order valence-corrected chi connectivity index (χ4v) is 3.46. The molecule has 0 aliphatic heterocycles. The molecule has 0 bridgehead atoms. The van der Waals surface area contributed by atoms with Crippen LogP contribution >= 0.6 is 23.1 Å². The van der Waals surface area contributed by atoms with Gasteiger partial charge in [0.05, 0.1) is 0 Å². The summed E-state index contributed by atoms with van der Waals surface area (Å²) < 4.78 is 0. The Kier molecular flexibility index (Phi) is 3.76. The summed E-state index contributed by atoms with van der Waals surface area (Å²) in [5.41, 5.74) is 5.31. The molecule has 0 aliphatic rings. The average Bonchev–Trinajstić information content (AvgIpc) is 2.86. The molecule has 0 aliphatic carbocycles. The molecule has 0 saturated heterocycles. The van der Waals surface area contributed by atoms with Crippen LogP contribution in [0.2, 0.25) is 0 Å². The molecule has 0 atom stereocenters. The Hall–Kier alpha value is -2.13. The normalized spacial score (nSPS) is 10.9. The van der Waals surface area contributed by atoms with Crippen LogP contribution in [0.4, 0.5) is 11.8 Å². The number of nitrogens with one attached hydrogen (secondary N) is 2. The molecule has 21 heavy (non-hydrogen) atoms. The van der Waals surface area contributed by atoms with Crippen LogP contribution in [0.15, 0.2) is 32.5 Å². The fourth-order valence-electron chi connectivity index (χ4n) is 1.74. The van der Waals surface area contributed by atoms with Gasteiger partial charge in [0.2, 0.25) is 5.95 Å². The summed E-state index contributed by atoms with van der Waals surface area (Å²) in [5, 5.41) is 7.11. The van der Waals surface area contributed by atoms with Crippen LogP contribution in [0.5, 0.6) is 0 Å². The van der Waals surface area contributed by atoms with E-state index < -0.39 is 0 Å². The summed E-state index contributed by atoms with van der Waals surface area (Å²) in [6, 6.07) is 3.19. The summed E-state index contributed by atoms with van der Waals surface area (Å²) in [7, 11) is 0. The number of thiophene rings is 1. The minimum Gasteiger partial charge on any atom is -0.383 e. The number of hydrogen-bond donors (Lipinski definition) is 3. The van der Waals surface area contributed by atoms with Gasteiger partial charge in [-0.05, 0) is 30.1 Å². The predicted octanol–water partition coefficient (Wildman–Crippen LogP) is 1.94. The molecule has 9 heteroatoms. The quantitative estimate of drug-likeness (QED) is 0.498. The molecule has 0 spiro atoms. The molecule has 3 aromatic rings. The molecule has 0 saturated carbocycles. The smallest absolute Gasteiger partial charge is 0.253 e. The van der Waals surface area contributed by atoms with E-state index in [1.54, 1.807) is 0 Å². The number of aromatic nitrogens is 4. The molecule has 3 heterocycles. The van der Waals surface area contributed by atoms with Crippen molar-refractivity contribution < 1.29 is 0 Å². The number of rotatable bonds is 4. The minimum absolute atomic E-state index is 0.184. The lowest BCUT2D eigenvalue weighted by Crippen LogP contribution is -2.09. The van der Waals surface area contributed by atoms with E-state index in [0.29, 0.717) is 11.1 Å². The van der Waals surface area contributed by atoms with E-state index in [1.807, 2.05) is 18.4 Å². The lowest BCUT2D eigenvalue weighted by atomic mass is 10.4. The molecule has 0 fully saturated rings. The van der Waals surface area contributed by atoms with Gasteiger partial charge in [-0.25, -0.2) is 15.0 Å². The van der Waals surface area contributed by atoms with Gasteiger partial charge in [0.15, 0.2) is 5.16 Å². The van der Waals surface area contributed by atoms with Crippen molar-refractivity contribution in [1.82, 2.24) is 19.9 Å². The minimum atomic E-state index is -0.285. The largest absolute Gasteiger partial charge is 0.383 e. The van der Waals surface area contributed by atoms with Gasteiger partial charge >= 0.3 is 0 Å². The number of nitrogen functional groups attached to an aromatic ring is 1. The maximum Gasteiger partial charge on any atom is 0.253 e. The summed E-state index contributed by atoms with van der Waals surface area (Å²) in [5.74, 6) is 0.741.